The number of carbonyl (C=O) groups excluding carboxylic acids is 1. The Hall–Kier alpha value is -2.12. The number of carbonyl (C=O) groups is 1. The van der Waals surface area contributed by atoms with Crippen molar-refractivity contribution in [1.29, 1.82) is 0 Å². The van der Waals surface area contributed by atoms with E-state index in [1.165, 1.54) is 0 Å². The molecule has 1 saturated heterocycles. The molecule has 0 atom stereocenters. The van der Waals surface area contributed by atoms with Crippen LogP contribution in [0.4, 0.5) is 4.79 Å². The molecule has 0 bridgehead atoms. The molecule has 1 aliphatic rings. The number of urea groups is 1. The van der Waals surface area contributed by atoms with Crippen molar-refractivity contribution >= 4 is 17.4 Å². The number of nitrogens with one attached hydrogen (secondary N) is 1. The molecule has 2 aromatic rings. The van der Waals surface area contributed by atoms with Gasteiger partial charge in [0.25, 0.3) is 0 Å². The van der Waals surface area contributed by atoms with Gasteiger partial charge in [0.05, 0.1) is 19.3 Å². The fourth-order valence-corrected chi connectivity index (χ4v) is 3.71. The van der Waals surface area contributed by atoms with Gasteiger partial charge in [-0.2, -0.15) is 0 Å². The number of piperazine rings is 1. The van der Waals surface area contributed by atoms with Crippen molar-refractivity contribution in [3.8, 4) is 17.0 Å². The summed E-state index contributed by atoms with van der Waals surface area (Å²) in [5, 5.41) is 6.05. The lowest BCUT2D eigenvalue weighted by Gasteiger charge is -2.34. The summed E-state index contributed by atoms with van der Waals surface area (Å²) in [6.45, 7) is 6.73. The lowest BCUT2D eigenvalue weighted by molar-refractivity contribution is 0.135. The second kappa shape index (κ2) is 8.31. The minimum absolute atomic E-state index is 0.0386. The van der Waals surface area contributed by atoms with Gasteiger partial charge in [0.1, 0.15) is 10.8 Å². The number of hydrogen-bond acceptors (Lipinski definition) is 5. The Labute approximate surface area is 152 Å². The van der Waals surface area contributed by atoms with Crippen LogP contribution in [-0.4, -0.2) is 60.6 Å². The molecule has 2 amide bonds. The highest BCUT2D eigenvalue weighted by Gasteiger charge is 2.21. The van der Waals surface area contributed by atoms with E-state index in [4.69, 9.17) is 9.72 Å². The third-order valence-corrected chi connectivity index (χ3v) is 5.10. The highest BCUT2D eigenvalue weighted by atomic mass is 32.1. The zero-order valence-corrected chi connectivity index (χ0v) is 15.5. The maximum atomic E-state index is 11.9. The molecule has 3 rings (SSSR count). The predicted octanol–water partition coefficient (Wildman–Crippen LogP) is 2.67. The quantitative estimate of drug-likeness (QED) is 0.891. The van der Waals surface area contributed by atoms with Crippen LogP contribution < -0.4 is 10.1 Å². The normalized spacial score (nSPS) is 15.2. The van der Waals surface area contributed by atoms with Crippen LogP contribution >= 0.6 is 11.3 Å². The van der Waals surface area contributed by atoms with E-state index in [1.807, 2.05) is 36.1 Å². The second-order valence-corrected chi connectivity index (χ2v) is 6.90. The van der Waals surface area contributed by atoms with Crippen molar-refractivity contribution in [1.82, 2.24) is 20.1 Å². The molecule has 6 nitrogen and oxygen atoms in total. The van der Waals surface area contributed by atoms with Crippen LogP contribution in [0.15, 0.2) is 29.6 Å². The van der Waals surface area contributed by atoms with Gasteiger partial charge in [-0.05, 0) is 19.1 Å². The summed E-state index contributed by atoms with van der Waals surface area (Å²) in [5.41, 5.74) is 2.06. The summed E-state index contributed by atoms with van der Waals surface area (Å²) in [6, 6.07) is 8.01. The molecule has 0 spiro atoms. The van der Waals surface area contributed by atoms with Gasteiger partial charge < -0.3 is 15.0 Å². The average molecular weight is 360 g/mol. The van der Waals surface area contributed by atoms with Gasteiger partial charge in [0.2, 0.25) is 0 Å². The highest BCUT2D eigenvalue weighted by Crippen LogP contribution is 2.26. The number of benzene rings is 1. The summed E-state index contributed by atoms with van der Waals surface area (Å²) in [7, 11) is 1.67. The van der Waals surface area contributed by atoms with Gasteiger partial charge in [-0.3, -0.25) is 4.90 Å². The molecular formula is C18H24N4O2S. The summed E-state index contributed by atoms with van der Waals surface area (Å²) in [6.07, 6.45) is 0. The van der Waals surface area contributed by atoms with Gasteiger partial charge in [-0.1, -0.05) is 12.1 Å². The number of amides is 2. The lowest BCUT2D eigenvalue weighted by Crippen LogP contribution is -2.51. The molecule has 134 valence electrons. The molecule has 25 heavy (non-hydrogen) atoms. The van der Waals surface area contributed by atoms with E-state index in [9.17, 15) is 4.79 Å². The van der Waals surface area contributed by atoms with Crippen molar-refractivity contribution in [2.24, 2.45) is 0 Å². The van der Waals surface area contributed by atoms with E-state index in [1.54, 1.807) is 18.4 Å². The number of nitrogens with zero attached hydrogens (tertiary/aromatic N) is 3. The van der Waals surface area contributed by atoms with Crippen LogP contribution in [-0.2, 0) is 6.54 Å². The van der Waals surface area contributed by atoms with Crippen LogP contribution in [0.25, 0.3) is 11.3 Å². The van der Waals surface area contributed by atoms with E-state index < -0.39 is 0 Å². The van der Waals surface area contributed by atoms with Gasteiger partial charge >= 0.3 is 6.03 Å². The molecule has 1 aromatic heterocycles. The topological polar surface area (TPSA) is 57.7 Å². The fourth-order valence-electron chi connectivity index (χ4n) is 2.86. The molecule has 0 radical (unpaired) electrons. The third-order valence-electron chi connectivity index (χ3n) is 4.26. The first-order valence-corrected chi connectivity index (χ1v) is 9.41. The van der Waals surface area contributed by atoms with Crippen molar-refractivity contribution in [2.75, 3.05) is 39.8 Å². The molecule has 1 aliphatic heterocycles. The molecule has 0 saturated carbocycles. The molecule has 2 heterocycles. The van der Waals surface area contributed by atoms with Gasteiger partial charge in [-0.15, -0.1) is 11.3 Å². The van der Waals surface area contributed by atoms with Crippen LogP contribution in [0.2, 0.25) is 0 Å². The summed E-state index contributed by atoms with van der Waals surface area (Å²) in [5.74, 6) is 0.841. The lowest BCUT2D eigenvalue weighted by atomic mass is 10.2. The predicted molar refractivity (Wildman–Crippen MR) is 100 cm³/mol. The Balaban J connectivity index is 1.56. The number of aromatic nitrogens is 1. The Morgan fingerprint density at radius 1 is 1.32 bits per heavy atom. The van der Waals surface area contributed by atoms with Crippen molar-refractivity contribution < 1.29 is 9.53 Å². The highest BCUT2D eigenvalue weighted by molar-refractivity contribution is 7.09. The van der Waals surface area contributed by atoms with Crippen LogP contribution in [0.5, 0.6) is 5.75 Å². The van der Waals surface area contributed by atoms with Gasteiger partial charge in [0, 0.05) is 43.7 Å². The van der Waals surface area contributed by atoms with E-state index in [-0.39, 0.29) is 6.03 Å². The third kappa shape index (κ3) is 4.49. The van der Waals surface area contributed by atoms with Crippen LogP contribution in [0.1, 0.15) is 11.9 Å². The van der Waals surface area contributed by atoms with Gasteiger partial charge in [-0.25, -0.2) is 9.78 Å². The van der Waals surface area contributed by atoms with E-state index >= 15 is 0 Å². The zero-order valence-electron chi connectivity index (χ0n) is 14.7. The first kappa shape index (κ1) is 17.7. The second-order valence-electron chi connectivity index (χ2n) is 5.96. The summed E-state index contributed by atoms with van der Waals surface area (Å²) < 4.78 is 5.28. The molecule has 1 N–H and O–H groups in total. The Morgan fingerprint density at radius 2 is 2.12 bits per heavy atom. The van der Waals surface area contributed by atoms with E-state index in [2.05, 4.69) is 15.6 Å². The molecule has 1 aromatic carbocycles. The Kier molecular flexibility index (Phi) is 5.88. The van der Waals surface area contributed by atoms with Crippen molar-refractivity contribution in [3.05, 3.63) is 34.7 Å². The zero-order chi connectivity index (χ0) is 17.6. The molecule has 7 heteroatoms. The first-order valence-electron chi connectivity index (χ1n) is 8.53. The fraction of sp³-hybridized carbons (Fsp3) is 0.444. The molecule has 0 unspecified atom stereocenters. The largest absolute Gasteiger partial charge is 0.497 e. The smallest absolute Gasteiger partial charge is 0.317 e. The SMILES string of the molecule is CCNC(=O)N1CCN(Cc2nc(-c3cccc(OC)c3)cs2)CC1. The van der Waals surface area contributed by atoms with Crippen molar-refractivity contribution in [2.45, 2.75) is 13.5 Å². The first-order chi connectivity index (χ1) is 12.2. The summed E-state index contributed by atoms with van der Waals surface area (Å²) >= 11 is 1.68. The maximum absolute atomic E-state index is 11.9. The average Bonchev–Trinajstić information content (AvgIpc) is 3.11. The standard InChI is InChI=1S/C18H24N4O2S/c1-3-19-18(23)22-9-7-21(8-10-22)12-17-20-16(13-25-17)14-5-4-6-15(11-14)24-2/h4-6,11,13H,3,7-10,12H2,1-2H3,(H,19,23). The Morgan fingerprint density at radius 3 is 2.84 bits per heavy atom. The maximum Gasteiger partial charge on any atom is 0.317 e. The monoisotopic (exact) mass is 360 g/mol. The number of ether oxygens (including phenoxy) is 1. The van der Waals surface area contributed by atoms with E-state index in [0.717, 1.165) is 54.7 Å². The van der Waals surface area contributed by atoms with Crippen LogP contribution in [0, 0.1) is 0 Å². The van der Waals surface area contributed by atoms with E-state index in [0.29, 0.717) is 6.54 Å². The number of methoxy groups -OCH3 is 1. The minimum Gasteiger partial charge on any atom is -0.497 e. The number of hydrogen-bond donors (Lipinski definition) is 1. The van der Waals surface area contributed by atoms with Crippen molar-refractivity contribution in [3.63, 3.8) is 0 Å². The van der Waals surface area contributed by atoms with Gasteiger partial charge in [0.15, 0.2) is 0 Å². The Bertz CT molecular complexity index is 711. The van der Waals surface area contributed by atoms with Crippen LogP contribution in [0.3, 0.4) is 0 Å². The number of thiazole rings is 1. The molecule has 1 fully saturated rings. The molecular weight excluding hydrogens is 336 g/mol. The summed E-state index contributed by atoms with van der Waals surface area (Å²) in [4.78, 5) is 20.8. The minimum atomic E-state index is 0.0386. The number of rotatable bonds is 5. The molecule has 0 aliphatic carbocycles.